The van der Waals surface area contributed by atoms with E-state index in [1.54, 1.807) is 6.08 Å². The molecule has 1 N–H and O–H groups in total. The first-order chi connectivity index (χ1) is 13.4. The van der Waals surface area contributed by atoms with Crippen LogP contribution >= 0.6 is 11.6 Å². The highest BCUT2D eigenvalue weighted by Crippen LogP contribution is 2.24. The lowest BCUT2D eigenvalue weighted by Crippen LogP contribution is -2.13. The van der Waals surface area contributed by atoms with Gasteiger partial charge in [0.2, 0.25) is 0 Å². The van der Waals surface area contributed by atoms with E-state index >= 15 is 0 Å². The van der Waals surface area contributed by atoms with Gasteiger partial charge in [-0.2, -0.15) is 5.26 Å². The number of aromatic nitrogens is 1. The second kappa shape index (κ2) is 8.16. The van der Waals surface area contributed by atoms with Crippen LogP contribution in [0.15, 0.2) is 60.2 Å². The van der Waals surface area contributed by atoms with Crippen molar-refractivity contribution in [1.29, 1.82) is 5.26 Å². The highest BCUT2D eigenvalue weighted by atomic mass is 35.5. The molecular formula is C23H20ClN3O. The Bertz CT molecular complexity index is 1100. The Morgan fingerprint density at radius 2 is 1.82 bits per heavy atom. The Kier molecular flexibility index (Phi) is 5.67. The highest BCUT2D eigenvalue weighted by molar-refractivity contribution is 6.30. The topological polar surface area (TPSA) is 57.8 Å². The summed E-state index contributed by atoms with van der Waals surface area (Å²) in [5, 5.41) is 12.9. The van der Waals surface area contributed by atoms with Gasteiger partial charge < -0.3 is 9.88 Å². The fraction of sp³-hybridized carbons (Fsp3) is 0.130. The Balaban J connectivity index is 1.93. The molecule has 0 aliphatic heterocycles. The molecule has 0 aliphatic carbocycles. The number of rotatable bonds is 4. The average Bonchev–Trinajstić information content (AvgIpc) is 2.94. The van der Waals surface area contributed by atoms with Crippen LogP contribution in [0.1, 0.15) is 22.5 Å². The number of aryl methyl sites for hydroxylation is 2. The average molecular weight is 390 g/mol. The lowest BCUT2D eigenvalue weighted by atomic mass is 10.1. The van der Waals surface area contributed by atoms with Crippen LogP contribution in [0.5, 0.6) is 0 Å². The molecule has 140 valence electrons. The predicted octanol–water partition coefficient (Wildman–Crippen LogP) is 5.60. The number of benzene rings is 2. The smallest absolute Gasteiger partial charge is 0.266 e. The number of hydrogen-bond acceptors (Lipinski definition) is 2. The molecule has 0 saturated carbocycles. The summed E-state index contributed by atoms with van der Waals surface area (Å²) in [6, 6.07) is 19.0. The molecule has 1 aromatic heterocycles. The van der Waals surface area contributed by atoms with Crippen molar-refractivity contribution in [2.24, 2.45) is 0 Å². The summed E-state index contributed by atoms with van der Waals surface area (Å²) in [5.41, 5.74) is 5.46. The van der Waals surface area contributed by atoms with Crippen molar-refractivity contribution in [1.82, 2.24) is 4.57 Å². The van der Waals surface area contributed by atoms with Crippen molar-refractivity contribution in [2.75, 3.05) is 5.32 Å². The zero-order valence-corrected chi connectivity index (χ0v) is 16.7. The van der Waals surface area contributed by atoms with Gasteiger partial charge in [0.15, 0.2) is 0 Å². The third-order valence-corrected chi connectivity index (χ3v) is 4.75. The zero-order chi connectivity index (χ0) is 20.3. The number of nitriles is 1. The monoisotopic (exact) mass is 389 g/mol. The van der Waals surface area contributed by atoms with E-state index in [0.29, 0.717) is 10.7 Å². The number of nitrogens with one attached hydrogen (secondary N) is 1. The minimum Gasteiger partial charge on any atom is -0.321 e. The van der Waals surface area contributed by atoms with E-state index in [2.05, 4.69) is 5.32 Å². The van der Waals surface area contributed by atoms with Crippen LogP contribution in [0, 0.1) is 32.1 Å². The van der Waals surface area contributed by atoms with E-state index in [-0.39, 0.29) is 5.57 Å². The number of carbonyl (C=O) groups excluding carboxylic acids is 1. The number of amides is 1. The number of anilines is 1. The molecule has 5 heteroatoms. The van der Waals surface area contributed by atoms with E-state index in [9.17, 15) is 10.1 Å². The fourth-order valence-corrected chi connectivity index (χ4v) is 3.27. The summed E-state index contributed by atoms with van der Waals surface area (Å²) < 4.78 is 2.05. The van der Waals surface area contributed by atoms with Crippen LogP contribution in [-0.4, -0.2) is 10.5 Å². The van der Waals surface area contributed by atoms with Gasteiger partial charge in [0.1, 0.15) is 11.6 Å². The maximum absolute atomic E-state index is 12.5. The number of nitrogens with zero attached hydrogens (tertiary/aromatic N) is 2. The van der Waals surface area contributed by atoms with E-state index in [1.807, 2.05) is 86.0 Å². The van der Waals surface area contributed by atoms with Crippen LogP contribution in [0.3, 0.4) is 0 Å². The number of carbonyl (C=O) groups is 1. The fourth-order valence-electron chi connectivity index (χ4n) is 3.09. The van der Waals surface area contributed by atoms with E-state index < -0.39 is 5.91 Å². The minimum absolute atomic E-state index is 0.0481. The van der Waals surface area contributed by atoms with Gasteiger partial charge in [0, 0.05) is 27.8 Å². The molecule has 4 nitrogen and oxygen atoms in total. The van der Waals surface area contributed by atoms with Crippen LogP contribution in [0.4, 0.5) is 5.69 Å². The van der Waals surface area contributed by atoms with Gasteiger partial charge in [0.25, 0.3) is 5.91 Å². The van der Waals surface area contributed by atoms with Gasteiger partial charge in [-0.3, -0.25) is 4.79 Å². The van der Waals surface area contributed by atoms with Crippen LogP contribution < -0.4 is 5.32 Å². The molecule has 3 rings (SSSR count). The van der Waals surface area contributed by atoms with Crippen LogP contribution in [0.2, 0.25) is 5.02 Å². The first-order valence-electron chi connectivity index (χ1n) is 8.83. The second-order valence-corrected chi connectivity index (χ2v) is 7.07. The van der Waals surface area contributed by atoms with Crippen molar-refractivity contribution in [2.45, 2.75) is 20.8 Å². The van der Waals surface area contributed by atoms with Crippen molar-refractivity contribution in [3.8, 4) is 11.8 Å². The normalized spacial score (nSPS) is 11.2. The Morgan fingerprint density at radius 3 is 2.46 bits per heavy atom. The molecule has 0 fully saturated rings. The van der Waals surface area contributed by atoms with Gasteiger partial charge in [-0.15, -0.1) is 0 Å². The first kappa shape index (κ1) is 19.5. The molecule has 1 heterocycles. The standard InChI is InChI=1S/C23H20ClN3O/c1-15-7-9-21(10-8-15)26-23(28)19(14-25)12-18-11-16(2)27(17(18)3)22-6-4-5-20(24)13-22/h4-13H,1-3H3,(H,26,28)/b19-12+. The maximum Gasteiger partial charge on any atom is 0.266 e. The maximum atomic E-state index is 12.5. The summed E-state index contributed by atoms with van der Waals surface area (Å²) in [6.45, 7) is 5.90. The summed E-state index contributed by atoms with van der Waals surface area (Å²) in [7, 11) is 0. The van der Waals surface area contributed by atoms with Crippen LogP contribution in [0.25, 0.3) is 11.8 Å². The summed E-state index contributed by atoms with van der Waals surface area (Å²) in [6.07, 6.45) is 1.62. The molecule has 1 amide bonds. The minimum atomic E-state index is -0.432. The molecule has 0 radical (unpaired) electrons. The molecule has 0 atom stereocenters. The Labute approximate surface area is 169 Å². The zero-order valence-electron chi connectivity index (χ0n) is 16.0. The Hall–Kier alpha value is -3.29. The second-order valence-electron chi connectivity index (χ2n) is 6.63. The molecule has 0 aliphatic rings. The lowest BCUT2D eigenvalue weighted by Gasteiger charge is -2.10. The van der Waals surface area contributed by atoms with Crippen molar-refractivity contribution >= 4 is 29.3 Å². The quantitative estimate of drug-likeness (QED) is 0.466. The summed E-state index contributed by atoms with van der Waals surface area (Å²) in [5.74, 6) is -0.432. The first-order valence-corrected chi connectivity index (χ1v) is 9.21. The lowest BCUT2D eigenvalue weighted by molar-refractivity contribution is -0.112. The molecular weight excluding hydrogens is 370 g/mol. The SMILES string of the molecule is Cc1ccc(NC(=O)/C(C#N)=C/c2cc(C)n(-c3cccc(Cl)c3)c2C)cc1. The molecule has 0 spiro atoms. The van der Waals surface area contributed by atoms with Crippen LogP contribution in [-0.2, 0) is 4.79 Å². The van der Waals surface area contributed by atoms with Gasteiger partial charge in [0.05, 0.1) is 0 Å². The number of halogens is 1. The van der Waals surface area contributed by atoms with Gasteiger partial charge in [-0.25, -0.2) is 0 Å². The predicted molar refractivity (Wildman–Crippen MR) is 114 cm³/mol. The van der Waals surface area contributed by atoms with Crippen molar-refractivity contribution in [3.05, 3.63) is 87.7 Å². The number of hydrogen-bond donors (Lipinski definition) is 1. The van der Waals surface area contributed by atoms with Crippen molar-refractivity contribution < 1.29 is 4.79 Å². The molecule has 0 bridgehead atoms. The molecule has 28 heavy (non-hydrogen) atoms. The molecule has 0 saturated heterocycles. The summed E-state index contributed by atoms with van der Waals surface area (Å²) in [4.78, 5) is 12.5. The van der Waals surface area contributed by atoms with E-state index in [0.717, 1.165) is 28.2 Å². The van der Waals surface area contributed by atoms with E-state index in [4.69, 9.17) is 11.6 Å². The van der Waals surface area contributed by atoms with Gasteiger partial charge in [-0.1, -0.05) is 35.4 Å². The largest absolute Gasteiger partial charge is 0.321 e. The molecule has 0 unspecified atom stereocenters. The van der Waals surface area contributed by atoms with Gasteiger partial charge >= 0.3 is 0 Å². The highest BCUT2D eigenvalue weighted by Gasteiger charge is 2.14. The molecule has 2 aromatic carbocycles. The Morgan fingerprint density at radius 1 is 1.11 bits per heavy atom. The third-order valence-electron chi connectivity index (χ3n) is 4.51. The van der Waals surface area contributed by atoms with Crippen molar-refractivity contribution in [3.63, 3.8) is 0 Å². The van der Waals surface area contributed by atoms with E-state index in [1.165, 1.54) is 0 Å². The van der Waals surface area contributed by atoms with Gasteiger partial charge in [-0.05, 0) is 68.8 Å². The molecule has 3 aromatic rings. The summed E-state index contributed by atoms with van der Waals surface area (Å²) >= 11 is 6.12. The third kappa shape index (κ3) is 4.16.